The minimum atomic E-state index is 0.646. The molecule has 2 nitrogen and oxygen atoms in total. The molecule has 1 aromatic carbocycles. The second-order valence-electron chi connectivity index (χ2n) is 5.76. The largest absolute Gasteiger partial charge is 0.313 e. The lowest BCUT2D eigenvalue weighted by atomic mass is 9.96. The lowest BCUT2D eigenvalue weighted by Crippen LogP contribution is -2.38. The molecule has 1 heterocycles. The van der Waals surface area contributed by atoms with E-state index in [1.54, 1.807) is 0 Å². The Morgan fingerprint density at radius 2 is 2.00 bits per heavy atom. The van der Waals surface area contributed by atoms with Crippen LogP contribution in [0.5, 0.6) is 0 Å². The number of nitrogens with one attached hydrogen (secondary N) is 1. The van der Waals surface area contributed by atoms with Gasteiger partial charge in [-0.15, -0.1) is 11.3 Å². The standard InChI is InChI=1S/C17H24N2S2/c1-2-18-13-9-5-3-4-6-11-15(13)20-17-19-14-10-7-8-12-16(14)21-17/h7-8,10,12-13,15,18H,2-6,9,11H2,1H3. The van der Waals surface area contributed by atoms with Crippen LogP contribution in [0, 0.1) is 0 Å². The fraction of sp³-hybridized carbons (Fsp3) is 0.588. The summed E-state index contributed by atoms with van der Waals surface area (Å²) in [5, 5.41) is 4.38. The average Bonchev–Trinajstić information content (AvgIpc) is 2.88. The first kappa shape index (κ1) is 15.3. The number of thiazole rings is 1. The first-order valence-corrected chi connectivity index (χ1v) is 9.82. The van der Waals surface area contributed by atoms with E-state index in [0.717, 1.165) is 12.1 Å². The number of rotatable bonds is 4. The summed E-state index contributed by atoms with van der Waals surface area (Å²) in [6.07, 6.45) is 8.17. The molecule has 0 radical (unpaired) electrons. The van der Waals surface area contributed by atoms with Crippen molar-refractivity contribution in [2.75, 3.05) is 6.54 Å². The van der Waals surface area contributed by atoms with E-state index >= 15 is 0 Å². The predicted molar refractivity (Wildman–Crippen MR) is 94.4 cm³/mol. The number of thioether (sulfide) groups is 1. The molecule has 1 fully saturated rings. The van der Waals surface area contributed by atoms with Gasteiger partial charge in [-0.1, -0.05) is 56.5 Å². The molecule has 3 rings (SSSR count). The topological polar surface area (TPSA) is 24.9 Å². The smallest absolute Gasteiger partial charge is 0.151 e. The highest BCUT2D eigenvalue weighted by molar-refractivity contribution is 8.01. The Bertz CT molecular complexity index is 534. The number of para-hydroxylation sites is 1. The third-order valence-electron chi connectivity index (χ3n) is 4.20. The third-order valence-corrected chi connectivity index (χ3v) is 6.72. The predicted octanol–water partition coefficient (Wildman–Crippen LogP) is 5.09. The fourth-order valence-electron chi connectivity index (χ4n) is 3.12. The minimum absolute atomic E-state index is 0.646. The van der Waals surface area contributed by atoms with E-state index < -0.39 is 0 Å². The van der Waals surface area contributed by atoms with Crippen LogP contribution in [0.4, 0.5) is 0 Å². The van der Waals surface area contributed by atoms with Crippen LogP contribution < -0.4 is 5.32 Å². The van der Waals surface area contributed by atoms with Crippen molar-refractivity contribution in [2.45, 2.75) is 61.1 Å². The highest BCUT2D eigenvalue weighted by Crippen LogP contribution is 2.36. The molecule has 2 atom stereocenters. The van der Waals surface area contributed by atoms with Crippen molar-refractivity contribution in [3.63, 3.8) is 0 Å². The SMILES string of the molecule is CCNC1CCCCCCC1Sc1nc2ccccc2s1. The number of nitrogens with zero attached hydrogens (tertiary/aromatic N) is 1. The van der Waals surface area contributed by atoms with Gasteiger partial charge in [0.2, 0.25) is 0 Å². The first-order valence-electron chi connectivity index (χ1n) is 8.12. The molecule has 2 aromatic rings. The van der Waals surface area contributed by atoms with Crippen LogP contribution in [0.2, 0.25) is 0 Å². The van der Waals surface area contributed by atoms with Crippen LogP contribution in [0.25, 0.3) is 10.2 Å². The maximum absolute atomic E-state index is 4.81. The normalized spacial score (nSPS) is 23.9. The van der Waals surface area contributed by atoms with Crippen LogP contribution in [0.1, 0.15) is 45.4 Å². The number of fused-ring (bicyclic) bond motifs is 1. The van der Waals surface area contributed by atoms with Crippen LogP contribution >= 0.6 is 23.1 Å². The Morgan fingerprint density at radius 1 is 1.19 bits per heavy atom. The lowest BCUT2D eigenvalue weighted by molar-refractivity contribution is 0.406. The second-order valence-corrected chi connectivity index (χ2v) is 8.28. The molecular weight excluding hydrogens is 296 g/mol. The van der Waals surface area contributed by atoms with Gasteiger partial charge in [0.25, 0.3) is 0 Å². The summed E-state index contributed by atoms with van der Waals surface area (Å²) in [6, 6.07) is 9.12. The molecule has 1 aliphatic rings. The Labute approximate surface area is 135 Å². The summed E-state index contributed by atoms with van der Waals surface area (Å²) in [5.74, 6) is 0. The Morgan fingerprint density at radius 3 is 2.81 bits per heavy atom. The maximum Gasteiger partial charge on any atom is 0.151 e. The molecule has 0 aliphatic heterocycles. The fourth-order valence-corrected chi connectivity index (χ4v) is 5.74. The summed E-state index contributed by atoms with van der Waals surface area (Å²) >= 11 is 3.85. The zero-order valence-corrected chi connectivity index (χ0v) is 14.3. The summed E-state index contributed by atoms with van der Waals surface area (Å²) < 4.78 is 2.55. The van der Waals surface area contributed by atoms with Gasteiger partial charge in [-0.05, 0) is 31.5 Å². The van der Waals surface area contributed by atoms with Gasteiger partial charge in [0.1, 0.15) is 0 Å². The van der Waals surface area contributed by atoms with Crippen LogP contribution in [0.3, 0.4) is 0 Å². The highest BCUT2D eigenvalue weighted by Gasteiger charge is 2.24. The van der Waals surface area contributed by atoms with Crippen molar-refractivity contribution in [3.05, 3.63) is 24.3 Å². The molecule has 114 valence electrons. The molecule has 0 amide bonds. The molecule has 0 bridgehead atoms. The van der Waals surface area contributed by atoms with Crippen LogP contribution in [0.15, 0.2) is 28.6 Å². The van der Waals surface area contributed by atoms with E-state index in [1.807, 2.05) is 23.1 Å². The van der Waals surface area contributed by atoms with Gasteiger partial charge in [-0.25, -0.2) is 4.98 Å². The summed E-state index contributed by atoms with van der Waals surface area (Å²) in [4.78, 5) is 4.81. The van der Waals surface area contributed by atoms with Crippen LogP contribution in [-0.4, -0.2) is 22.8 Å². The molecule has 2 unspecified atom stereocenters. The van der Waals surface area contributed by atoms with Gasteiger partial charge in [0, 0.05) is 11.3 Å². The molecule has 1 saturated carbocycles. The number of hydrogen-bond acceptors (Lipinski definition) is 4. The zero-order valence-electron chi connectivity index (χ0n) is 12.7. The molecule has 4 heteroatoms. The molecule has 0 spiro atoms. The molecule has 1 aliphatic carbocycles. The van der Waals surface area contributed by atoms with E-state index in [2.05, 4.69) is 36.5 Å². The molecule has 1 aromatic heterocycles. The number of hydrogen-bond donors (Lipinski definition) is 1. The van der Waals surface area contributed by atoms with Crippen molar-refractivity contribution in [2.24, 2.45) is 0 Å². The molecule has 0 saturated heterocycles. The van der Waals surface area contributed by atoms with Crippen molar-refractivity contribution < 1.29 is 0 Å². The molecule has 21 heavy (non-hydrogen) atoms. The Hall–Kier alpha value is -0.580. The maximum atomic E-state index is 4.81. The zero-order chi connectivity index (χ0) is 14.5. The van der Waals surface area contributed by atoms with E-state index in [-0.39, 0.29) is 0 Å². The summed E-state index contributed by atoms with van der Waals surface area (Å²) in [5.41, 5.74) is 1.15. The van der Waals surface area contributed by atoms with Gasteiger partial charge in [-0.2, -0.15) is 0 Å². The van der Waals surface area contributed by atoms with Crippen LogP contribution in [-0.2, 0) is 0 Å². The monoisotopic (exact) mass is 320 g/mol. The van der Waals surface area contributed by atoms with E-state index in [9.17, 15) is 0 Å². The van der Waals surface area contributed by atoms with Gasteiger partial charge >= 0.3 is 0 Å². The second kappa shape index (κ2) is 7.61. The van der Waals surface area contributed by atoms with Gasteiger partial charge < -0.3 is 5.32 Å². The minimum Gasteiger partial charge on any atom is -0.313 e. The third kappa shape index (κ3) is 3.99. The Balaban J connectivity index is 1.75. The summed E-state index contributed by atoms with van der Waals surface area (Å²) in [6.45, 7) is 3.29. The average molecular weight is 321 g/mol. The van der Waals surface area contributed by atoms with Crippen molar-refractivity contribution in [3.8, 4) is 0 Å². The van der Waals surface area contributed by atoms with Gasteiger partial charge in [0.05, 0.1) is 10.2 Å². The van der Waals surface area contributed by atoms with E-state index in [1.165, 1.54) is 47.6 Å². The number of benzene rings is 1. The van der Waals surface area contributed by atoms with Crippen molar-refractivity contribution in [1.29, 1.82) is 0 Å². The van der Waals surface area contributed by atoms with Crippen molar-refractivity contribution in [1.82, 2.24) is 10.3 Å². The van der Waals surface area contributed by atoms with E-state index in [0.29, 0.717) is 11.3 Å². The quantitative estimate of drug-likeness (QED) is 0.849. The summed E-state index contributed by atoms with van der Waals surface area (Å²) in [7, 11) is 0. The van der Waals surface area contributed by atoms with E-state index in [4.69, 9.17) is 4.98 Å². The lowest BCUT2D eigenvalue weighted by Gasteiger charge is -2.28. The molecule has 1 N–H and O–H groups in total. The Kier molecular flexibility index (Phi) is 5.55. The van der Waals surface area contributed by atoms with Gasteiger partial charge in [-0.3, -0.25) is 0 Å². The molecular formula is C17H24N2S2. The van der Waals surface area contributed by atoms with Gasteiger partial charge in [0.15, 0.2) is 4.34 Å². The highest BCUT2D eigenvalue weighted by atomic mass is 32.2. The van der Waals surface area contributed by atoms with Crippen molar-refractivity contribution >= 4 is 33.3 Å². The first-order chi connectivity index (χ1) is 10.4. The number of aromatic nitrogens is 1.